The van der Waals surface area contributed by atoms with E-state index >= 15 is 0 Å². The molecule has 5 rings (SSSR count). The molecule has 2 atom stereocenters. The molecule has 0 N–H and O–H groups in total. The lowest BCUT2D eigenvalue weighted by Gasteiger charge is -2.53. The minimum absolute atomic E-state index is 0.188. The molecule has 3 aliphatic rings. The first kappa shape index (κ1) is 14.3. The van der Waals surface area contributed by atoms with Gasteiger partial charge in [0.2, 0.25) is 0 Å². The highest BCUT2D eigenvalue weighted by Gasteiger charge is 2.51. The van der Waals surface area contributed by atoms with Gasteiger partial charge in [-0.3, -0.25) is 4.79 Å². The number of hydrogen-bond acceptors (Lipinski definition) is 3. The van der Waals surface area contributed by atoms with Gasteiger partial charge in [0.25, 0.3) is 0 Å². The number of nitrogens with zero attached hydrogens (tertiary/aromatic N) is 1. The molecule has 2 bridgehead atoms. The Morgan fingerprint density at radius 3 is 2.70 bits per heavy atom. The van der Waals surface area contributed by atoms with Crippen molar-refractivity contribution in [1.82, 2.24) is 0 Å². The summed E-state index contributed by atoms with van der Waals surface area (Å²) < 4.78 is 5.99. The van der Waals surface area contributed by atoms with Gasteiger partial charge in [-0.15, -0.1) is 0 Å². The van der Waals surface area contributed by atoms with E-state index in [-0.39, 0.29) is 11.9 Å². The largest absolute Gasteiger partial charge is 0.456 e. The zero-order chi connectivity index (χ0) is 15.9. The number of rotatable bonds is 3. The SMILES string of the molecule is CC(=O)O[C@]1(Cc2ccccc2)CN2CC[C@H]1c1ccccc12. The first-order valence-corrected chi connectivity index (χ1v) is 8.25. The average molecular weight is 307 g/mol. The van der Waals surface area contributed by atoms with Crippen molar-refractivity contribution >= 4 is 11.7 Å². The van der Waals surface area contributed by atoms with E-state index in [0.717, 1.165) is 25.9 Å². The van der Waals surface area contributed by atoms with Gasteiger partial charge in [-0.05, 0) is 23.6 Å². The minimum Gasteiger partial charge on any atom is -0.456 e. The van der Waals surface area contributed by atoms with Gasteiger partial charge in [-0.1, -0.05) is 48.5 Å². The Kier molecular flexibility index (Phi) is 3.37. The fourth-order valence-corrected chi connectivity index (χ4v) is 4.32. The molecule has 0 spiro atoms. The molecule has 0 unspecified atom stereocenters. The quantitative estimate of drug-likeness (QED) is 0.812. The van der Waals surface area contributed by atoms with Gasteiger partial charge in [0, 0.05) is 31.5 Å². The summed E-state index contributed by atoms with van der Waals surface area (Å²) in [6.45, 7) is 3.35. The maximum Gasteiger partial charge on any atom is 0.303 e. The predicted molar refractivity (Wildman–Crippen MR) is 90.7 cm³/mol. The van der Waals surface area contributed by atoms with Crippen molar-refractivity contribution in [2.24, 2.45) is 0 Å². The monoisotopic (exact) mass is 307 g/mol. The van der Waals surface area contributed by atoms with Crippen LogP contribution in [0.3, 0.4) is 0 Å². The topological polar surface area (TPSA) is 29.5 Å². The number of piperidine rings is 1. The van der Waals surface area contributed by atoms with Gasteiger partial charge in [0.15, 0.2) is 0 Å². The van der Waals surface area contributed by atoms with Crippen LogP contribution in [0.15, 0.2) is 54.6 Å². The van der Waals surface area contributed by atoms with E-state index in [1.807, 2.05) is 18.2 Å². The fraction of sp³-hybridized carbons (Fsp3) is 0.350. The van der Waals surface area contributed by atoms with E-state index in [4.69, 9.17) is 4.74 Å². The Morgan fingerprint density at radius 2 is 1.91 bits per heavy atom. The highest BCUT2D eigenvalue weighted by atomic mass is 16.6. The molecule has 0 radical (unpaired) electrons. The Bertz CT molecular complexity index is 727. The van der Waals surface area contributed by atoms with Crippen LogP contribution >= 0.6 is 0 Å². The lowest BCUT2D eigenvalue weighted by molar-refractivity contribution is -0.160. The molecule has 1 saturated heterocycles. The molecule has 0 aromatic heterocycles. The number of anilines is 1. The third-order valence-electron chi connectivity index (χ3n) is 5.13. The third-order valence-corrected chi connectivity index (χ3v) is 5.13. The summed E-state index contributed by atoms with van der Waals surface area (Å²) in [6.07, 6.45) is 1.81. The van der Waals surface area contributed by atoms with E-state index in [2.05, 4.69) is 41.3 Å². The van der Waals surface area contributed by atoms with Crippen molar-refractivity contribution in [2.45, 2.75) is 31.3 Å². The predicted octanol–water partition coefficient (Wildman–Crippen LogP) is 3.54. The Balaban J connectivity index is 1.77. The molecule has 3 aliphatic heterocycles. The summed E-state index contributed by atoms with van der Waals surface area (Å²) in [4.78, 5) is 14.2. The van der Waals surface area contributed by atoms with Gasteiger partial charge >= 0.3 is 5.97 Å². The van der Waals surface area contributed by atoms with Crippen LogP contribution in [-0.4, -0.2) is 24.7 Å². The molecule has 0 aliphatic carbocycles. The highest BCUT2D eigenvalue weighted by molar-refractivity contribution is 5.68. The average Bonchev–Trinajstić information content (AvgIpc) is 2.55. The van der Waals surface area contributed by atoms with Crippen LogP contribution < -0.4 is 4.90 Å². The van der Waals surface area contributed by atoms with Crippen LogP contribution in [-0.2, 0) is 16.0 Å². The molecule has 118 valence electrons. The van der Waals surface area contributed by atoms with Crippen LogP contribution in [0.4, 0.5) is 5.69 Å². The van der Waals surface area contributed by atoms with Crippen molar-refractivity contribution in [3.63, 3.8) is 0 Å². The van der Waals surface area contributed by atoms with Crippen LogP contribution in [0.5, 0.6) is 0 Å². The van der Waals surface area contributed by atoms with Gasteiger partial charge in [-0.2, -0.15) is 0 Å². The van der Waals surface area contributed by atoms with Crippen molar-refractivity contribution < 1.29 is 9.53 Å². The maximum atomic E-state index is 11.9. The molecule has 0 saturated carbocycles. The van der Waals surface area contributed by atoms with Gasteiger partial charge in [-0.25, -0.2) is 0 Å². The zero-order valence-corrected chi connectivity index (χ0v) is 13.4. The summed E-state index contributed by atoms with van der Waals surface area (Å²) in [6, 6.07) is 18.9. The standard InChI is InChI=1S/C20H21NO2/c1-15(22)23-20(13-16-7-3-2-4-8-16)14-21-12-11-18(20)17-9-5-6-10-19(17)21/h2-10,18H,11-14H2,1H3/t18-,20+/m0/s1. The number of para-hydroxylation sites is 1. The summed E-state index contributed by atoms with van der Waals surface area (Å²) in [5.41, 5.74) is 3.39. The van der Waals surface area contributed by atoms with Crippen LogP contribution in [0.2, 0.25) is 0 Å². The van der Waals surface area contributed by atoms with Crippen LogP contribution in [0.25, 0.3) is 0 Å². The molecule has 2 aromatic rings. The molecular formula is C20H21NO2. The minimum atomic E-state index is -0.459. The number of carbonyl (C=O) groups excluding carboxylic acids is 1. The first-order valence-electron chi connectivity index (χ1n) is 8.25. The molecule has 2 aromatic carbocycles. The second-order valence-corrected chi connectivity index (χ2v) is 6.64. The number of esters is 1. The summed E-state index contributed by atoms with van der Waals surface area (Å²) in [5, 5.41) is 0. The molecule has 3 nitrogen and oxygen atoms in total. The van der Waals surface area contributed by atoms with E-state index in [1.165, 1.54) is 23.7 Å². The molecule has 23 heavy (non-hydrogen) atoms. The van der Waals surface area contributed by atoms with E-state index in [1.54, 1.807) is 0 Å². The maximum absolute atomic E-state index is 11.9. The first-order chi connectivity index (χ1) is 11.2. The van der Waals surface area contributed by atoms with E-state index in [9.17, 15) is 4.79 Å². The lowest BCUT2D eigenvalue weighted by atomic mass is 9.69. The summed E-state index contributed by atoms with van der Waals surface area (Å²) in [5.74, 6) is 0.0833. The molecular weight excluding hydrogens is 286 g/mol. The number of carbonyl (C=O) groups is 1. The van der Waals surface area contributed by atoms with Gasteiger partial charge in [0.1, 0.15) is 5.60 Å². The fourth-order valence-electron chi connectivity index (χ4n) is 4.32. The van der Waals surface area contributed by atoms with Gasteiger partial charge in [0.05, 0.1) is 6.54 Å². The van der Waals surface area contributed by atoms with E-state index in [0.29, 0.717) is 0 Å². The second-order valence-electron chi connectivity index (χ2n) is 6.64. The molecule has 1 fully saturated rings. The normalized spacial score (nSPS) is 25.1. The van der Waals surface area contributed by atoms with Crippen molar-refractivity contribution in [1.29, 1.82) is 0 Å². The number of hydrogen-bond donors (Lipinski definition) is 0. The number of fused-ring (bicyclic) bond motifs is 2. The smallest absolute Gasteiger partial charge is 0.303 e. The van der Waals surface area contributed by atoms with Crippen molar-refractivity contribution in [2.75, 3.05) is 18.0 Å². The zero-order valence-electron chi connectivity index (χ0n) is 13.4. The van der Waals surface area contributed by atoms with E-state index < -0.39 is 5.60 Å². The number of benzene rings is 2. The van der Waals surface area contributed by atoms with Crippen molar-refractivity contribution in [3.8, 4) is 0 Å². The highest BCUT2D eigenvalue weighted by Crippen LogP contribution is 2.50. The third kappa shape index (κ3) is 2.40. The van der Waals surface area contributed by atoms with Crippen LogP contribution in [0.1, 0.15) is 30.4 Å². The Labute approximate surface area is 136 Å². The second kappa shape index (κ2) is 5.41. The summed E-state index contributed by atoms with van der Waals surface area (Å²) in [7, 11) is 0. The Morgan fingerprint density at radius 1 is 1.17 bits per heavy atom. The molecule has 3 heterocycles. The van der Waals surface area contributed by atoms with Crippen molar-refractivity contribution in [3.05, 3.63) is 65.7 Å². The molecule has 3 heteroatoms. The number of ether oxygens (including phenoxy) is 1. The Hall–Kier alpha value is -2.29. The molecule has 0 amide bonds. The lowest BCUT2D eigenvalue weighted by Crippen LogP contribution is -2.60. The summed E-state index contributed by atoms with van der Waals surface area (Å²) >= 11 is 0. The van der Waals surface area contributed by atoms with Gasteiger partial charge < -0.3 is 9.64 Å². The van der Waals surface area contributed by atoms with Crippen LogP contribution in [0, 0.1) is 0 Å².